The summed E-state index contributed by atoms with van der Waals surface area (Å²) in [5.41, 5.74) is 2.25. The quantitative estimate of drug-likeness (QED) is 0.740. The molecule has 0 saturated carbocycles. The SMILES string of the molecule is CC[C@@H](C)N(Cc1nc2ccccc2c(=O)[nH]1)Cc1ccccc1C#N. The molecule has 0 spiro atoms. The molecule has 2 aromatic carbocycles. The average molecular weight is 346 g/mol. The normalized spacial score (nSPS) is 12.2. The standard InChI is InChI=1S/C21H22N4O/c1-3-15(2)25(13-17-9-5-4-8-16(17)12-22)14-20-23-19-11-7-6-10-18(19)21(26)24-20/h4-11,15H,3,13-14H2,1-2H3,(H,23,24,26)/t15-/m1/s1. The minimum Gasteiger partial charge on any atom is -0.309 e. The van der Waals surface area contributed by atoms with Crippen LogP contribution in [0.4, 0.5) is 0 Å². The van der Waals surface area contributed by atoms with E-state index >= 15 is 0 Å². The summed E-state index contributed by atoms with van der Waals surface area (Å²) < 4.78 is 0. The summed E-state index contributed by atoms with van der Waals surface area (Å²) in [5, 5.41) is 9.94. The molecule has 26 heavy (non-hydrogen) atoms. The first-order valence-corrected chi connectivity index (χ1v) is 8.82. The van der Waals surface area contributed by atoms with Crippen molar-refractivity contribution in [3.8, 4) is 6.07 Å². The highest BCUT2D eigenvalue weighted by Crippen LogP contribution is 2.17. The molecule has 5 heteroatoms. The van der Waals surface area contributed by atoms with E-state index in [2.05, 4.69) is 34.8 Å². The van der Waals surface area contributed by atoms with Crippen LogP contribution in [0.15, 0.2) is 53.3 Å². The second-order valence-electron chi connectivity index (χ2n) is 6.46. The second kappa shape index (κ2) is 7.94. The lowest BCUT2D eigenvalue weighted by Gasteiger charge is -2.28. The van der Waals surface area contributed by atoms with Gasteiger partial charge in [0.2, 0.25) is 0 Å². The molecule has 1 aromatic heterocycles. The van der Waals surface area contributed by atoms with Gasteiger partial charge in [0.25, 0.3) is 5.56 Å². The molecule has 3 aromatic rings. The third-order valence-corrected chi connectivity index (χ3v) is 4.74. The largest absolute Gasteiger partial charge is 0.309 e. The topological polar surface area (TPSA) is 72.8 Å². The predicted molar refractivity (Wildman–Crippen MR) is 103 cm³/mol. The highest BCUT2D eigenvalue weighted by atomic mass is 16.1. The minimum atomic E-state index is -0.118. The number of nitriles is 1. The van der Waals surface area contributed by atoms with E-state index in [0.717, 1.165) is 12.0 Å². The first-order chi connectivity index (χ1) is 12.6. The first kappa shape index (κ1) is 17.8. The van der Waals surface area contributed by atoms with Crippen LogP contribution in [0, 0.1) is 11.3 Å². The lowest BCUT2D eigenvalue weighted by molar-refractivity contribution is 0.181. The summed E-state index contributed by atoms with van der Waals surface area (Å²) in [7, 11) is 0. The molecule has 0 aliphatic rings. The molecule has 0 radical (unpaired) electrons. The number of nitrogens with zero attached hydrogens (tertiary/aromatic N) is 3. The molecule has 1 atom stereocenters. The maximum atomic E-state index is 12.3. The number of aromatic amines is 1. The van der Waals surface area contributed by atoms with Crippen molar-refractivity contribution in [1.82, 2.24) is 14.9 Å². The number of fused-ring (bicyclic) bond motifs is 1. The molecule has 5 nitrogen and oxygen atoms in total. The molecule has 0 fully saturated rings. The Kier molecular flexibility index (Phi) is 5.45. The van der Waals surface area contributed by atoms with Crippen molar-refractivity contribution in [3.63, 3.8) is 0 Å². The third kappa shape index (κ3) is 3.81. The van der Waals surface area contributed by atoms with Crippen molar-refractivity contribution < 1.29 is 0 Å². The van der Waals surface area contributed by atoms with E-state index in [1.807, 2.05) is 42.5 Å². The van der Waals surface area contributed by atoms with Crippen molar-refractivity contribution in [2.24, 2.45) is 0 Å². The maximum Gasteiger partial charge on any atom is 0.258 e. The van der Waals surface area contributed by atoms with Gasteiger partial charge in [-0.25, -0.2) is 4.98 Å². The summed E-state index contributed by atoms with van der Waals surface area (Å²) in [6.07, 6.45) is 0.965. The summed E-state index contributed by atoms with van der Waals surface area (Å²) in [6, 6.07) is 17.5. The molecule has 132 valence electrons. The zero-order valence-electron chi connectivity index (χ0n) is 15.1. The van der Waals surface area contributed by atoms with Gasteiger partial charge in [-0.2, -0.15) is 5.26 Å². The molecule has 0 saturated heterocycles. The van der Waals surface area contributed by atoms with Crippen LogP contribution in [0.1, 0.15) is 37.2 Å². The van der Waals surface area contributed by atoms with Gasteiger partial charge in [-0.3, -0.25) is 9.69 Å². The molecule has 1 N–H and O–H groups in total. The Morgan fingerprint density at radius 3 is 2.65 bits per heavy atom. The molecule has 1 heterocycles. The number of para-hydroxylation sites is 1. The summed E-state index contributed by atoms with van der Waals surface area (Å²) >= 11 is 0. The zero-order chi connectivity index (χ0) is 18.5. The lowest BCUT2D eigenvalue weighted by atomic mass is 10.1. The molecule has 0 unspecified atom stereocenters. The van der Waals surface area contributed by atoms with E-state index in [4.69, 9.17) is 0 Å². The molecule has 0 bridgehead atoms. The van der Waals surface area contributed by atoms with Gasteiger partial charge in [-0.15, -0.1) is 0 Å². The van der Waals surface area contributed by atoms with Crippen LogP contribution in [-0.2, 0) is 13.1 Å². The average Bonchev–Trinajstić information content (AvgIpc) is 2.67. The van der Waals surface area contributed by atoms with Gasteiger partial charge < -0.3 is 4.98 Å². The Morgan fingerprint density at radius 2 is 1.88 bits per heavy atom. The number of aromatic nitrogens is 2. The Labute approximate surface area is 152 Å². The number of nitrogens with one attached hydrogen (secondary N) is 1. The number of H-pyrrole nitrogens is 1. The van der Waals surface area contributed by atoms with Gasteiger partial charge in [-0.05, 0) is 37.1 Å². The first-order valence-electron chi connectivity index (χ1n) is 8.82. The van der Waals surface area contributed by atoms with Gasteiger partial charge in [0.1, 0.15) is 5.82 Å². The maximum absolute atomic E-state index is 12.3. The van der Waals surface area contributed by atoms with Crippen molar-refractivity contribution in [2.75, 3.05) is 0 Å². The van der Waals surface area contributed by atoms with Crippen LogP contribution in [0.5, 0.6) is 0 Å². The summed E-state index contributed by atoms with van der Waals surface area (Å²) in [5.74, 6) is 0.642. The molecular formula is C21H22N4O. The van der Waals surface area contributed by atoms with Crippen LogP contribution in [0.25, 0.3) is 10.9 Å². The van der Waals surface area contributed by atoms with Crippen LogP contribution in [0.3, 0.4) is 0 Å². The molecular weight excluding hydrogens is 324 g/mol. The van der Waals surface area contributed by atoms with Crippen molar-refractivity contribution >= 4 is 10.9 Å². The lowest BCUT2D eigenvalue weighted by Crippen LogP contribution is -2.33. The van der Waals surface area contributed by atoms with Crippen LogP contribution < -0.4 is 5.56 Å². The summed E-state index contributed by atoms with van der Waals surface area (Å²) in [6.45, 7) is 5.43. The van der Waals surface area contributed by atoms with Gasteiger partial charge >= 0.3 is 0 Å². The number of hydrogen-bond acceptors (Lipinski definition) is 4. The van der Waals surface area contributed by atoms with Crippen molar-refractivity contribution in [3.05, 3.63) is 75.8 Å². The fraction of sp³-hybridized carbons (Fsp3) is 0.286. The highest BCUT2D eigenvalue weighted by molar-refractivity contribution is 5.77. The predicted octanol–water partition coefficient (Wildman–Crippen LogP) is 3.60. The smallest absolute Gasteiger partial charge is 0.258 e. The van der Waals surface area contributed by atoms with Gasteiger partial charge in [0.15, 0.2) is 0 Å². The van der Waals surface area contributed by atoms with Crippen molar-refractivity contribution in [2.45, 2.75) is 39.4 Å². The summed E-state index contributed by atoms with van der Waals surface area (Å²) in [4.78, 5) is 22.1. The Bertz CT molecular complexity index is 1000. The molecule has 0 aliphatic carbocycles. The number of benzene rings is 2. The Hall–Kier alpha value is -2.97. The zero-order valence-corrected chi connectivity index (χ0v) is 15.1. The van der Waals surface area contributed by atoms with Gasteiger partial charge in [-0.1, -0.05) is 37.3 Å². The van der Waals surface area contributed by atoms with Crippen molar-refractivity contribution in [1.29, 1.82) is 5.26 Å². The van der Waals surface area contributed by atoms with E-state index in [-0.39, 0.29) is 5.56 Å². The van der Waals surface area contributed by atoms with E-state index < -0.39 is 0 Å². The van der Waals surface area contributed by atoms with E-state index in [9.17, 15) is 10.1 Å². The van der Waals surface area contributed by atoms with Gasteiger partial charge in [0.05, 0.1) is 29.1 Å². The van der Waals surface area contributed by atoms with Crippen LogP contribution in [0.2, 0.25) is 0 Å². The highest BCUT2D eigenvalue weighted by Gasteiger charge is 2.17. The minimum absolute atomic E-state index is 0.118. The third-order valence-electron chi connectivity index (χ3n) is 4.74. The number of hydrogen-bond donors (Lipinski definition) is 1. The number of rotatable bonds is 6. The van der Waals surface area contributed by atoms with E-state index in [1.165, 1.54) is 0 Å². The molecule has 0 aliphatic heterocycles. The fourth-order valence-corrected chi connectivity index (χ4v) is 3.01. The van der Waals surface area contributed by atoms with Gasteiger partial charge in [0, 0.05) is 12.6 Å². The fourth-order valence-electron chi connectivity index (χ4n) is 3.01. The van der Waals surface area contributed by atoms with E-state index in [0.29, 0.717) is 41.4 Å². The monoisotopic (exact) mass is 346 g/mol. The second-order valence-corrected chi connectivity index (χ2v) is 6.46. The Morgan fingerprint density at radius 1 is 1.15 bits per heavy atom. The Balaban J connectivity index is 1.92. The van der Waals surface area contributed by atoms with Crippen LogP contribution >= 0.6 is 0 Å². The molecule has 0 amide bonds. The molecule has 3 rings (SSSR count). The van der Waals surface area contributed by atoms with Crippen LogP contribution in [-0.4, -0.2) is 20.9 Å². The van der Waals surface area contributed by atoms with E-state index in [1.54, 1.807) is 6.07 Å².